The van der Waals surface area contributed by atoms with Crippen LogP contribution < -0.4 is 0 Å². The van der Waals surface area contributed by atoms with E-state index >= 15 is 0 Å². The number of ether oxygens (including phenoxy) is 3. The lowest BCUT2D eigenvalue weighted by Crippen LogP contribution is -2.63. The fourth-order valence-corrected chi connectivity index (χ4v) is 2.49. The summed E-state index contributed by atoms with van der Waals surface area (Å²) in [6.07, 6.45) is -15.6. The second-order valence-electron chi connectivity index (χ2n) is 5.53. The van der Waals surface area contributed by atoms with Gasteiger partial charge in [-0.2, -0.15) is 0 Å². The normalized spacial score (nSPS) is 51.7. The van der Waals surface area contributed by atoms with Gasteiger partial charge in [-0.3, -0.25) is 0 Å². The summed E-state index contributed by atoms with van der Waals surface area (Å²) in [7, 11) is 0. The van der Waals surface area contributed by atoms with Gasteiger partial charge in [-0.25, -0.2) is 0 Å². The van der Waals surface area contributed by atoms with Crippen LogP contribution in [0.1, 0.15) is 0 Å². The van der Waals surface area contributed by atoms with Crippen LogP contribution in [0.2, 0.25) is 0 Å². The molecule has 0 aromatic carbocycles. The Balaban J connectivity index is 2.07. The maximum atomic E-state index is 9.84. The minimum absolute atomic E-state index is 0.667. The van der Waals surface area contributed by atoms with Crippen molar-refractivity contribution in [2.45, 2.75) is 61.4 Å². The first kappa shape index (κ1) is 18.9. The van der Waals surface area contributed by atoms with Crippen molar-refractivity contribution in [1.82, 2.24) is 0 Å². The van der Waals surface area contributed by atoms with Gasteiger partial charge in [0.25, 0.3) is 0 Å². The quantitative estimate of drug-likeness (QED) is 0.243. The molecule has 136 valence electrons. The Bertz CT molecular complexity index is 344. The van der Waals surface area contributed by atoms with Crippen LogP contribution in [0, 0.1) is 0 Å². The second-order valence-corrected chi connectivity index (χ2v) is 5.53. The predicted octanol–water partition coefficient (Wildman–Crippen LogP) is -5.40. The summed E-state index contributed by atoms with van der Waals surface area (Å²) in [4.78, 5) is 0. The van der Waals surface area contributed by atoms with E-state index in [1.807, 2.05) is 0 Å². The molecule has 2 heterocycles. The lowest BCUT2D eigenvalue weighted by Gasteiger charge is -2.44. The lowest BCUT2D eigenvalue weighted by molar-refractivity contribution is -0.376. The average molecular weight is 342 g/mol. The Hall–Kier alpha value is -0.440. The van der Waals surface area contributed by atoms with Gasteiger partial charge in [0.15, 0.2) is 12.6 Å². The summed E-state index contributed by atoms with van der Waals surface area (Å²) < 4.78 is 15.3. The summed E-state index contributed by atoms with van der Waals surface area (Å²) in [5.41, 5.74) is 0. The van der Waals surface area contributed by atoms with E-state index in [2.05, 4.69) is 0 Å². The summed E-state index contributed by atoms with van der Waals surface area (Å²) in [6, 6.07) is 0. The highest BCUT2D eigenvalue weighted by Crippen LogP contribution is 2.27. The molecule has 0 aliphatic carbocycles. The van der Waals surface area contributed by atoms with Crippen molar-refractivity contribution in [1.29, 1.82) is 0 Å². The summed E-state index contributed by atoms with van der Waals surface area (Å²) >= 11 is 0. The van der Waals surface area contributed by atoms with Crippen LogP contribution in [-0.4, -0.2) is 115 Å². The van der Waals surface area contributed by atoms with Gasteiger partial charge in [0.1, 0.15) is 48.8 Å². The van der Waals surface area contributed by atoms with E-state index in [4.69, 9.17) is 24.4 Å². The molecule has 8 N–H and O–H groups in total. The van der Waals surface area contributed by atoms with Crippen LogP contribution >= 0.6 is 0 Å². The van der Waals surface area contributed by atoms with Crippen LogP contribution in [0.3, 0.4) is 0 Å². The third-order valence-corrected chi connectivity index (χ3v) is 3.97. The van der Waals surface area contributed by atoms with Gasteiger partial charge in [-0.1, -0.05) is 0 Å². The molecule has 2 aliphatic heterocycles. The Morgan fingerprint density at radius 1 is 0.565 bits per heavy atom. The molecule has 2 aliphatic rings. The smallest absolute Gasteiger partial charge is 0.189 e. The zero-order chi connectivity index (χ0) is 17.3. The van der Waals surface area contributed by atoms with Crippen molar-refractivity contribution in [3.63, 3.8) is 0 Å². The molecule has 2 saturated heterocycles. The number of rotatable bonds is 4. The van der Waals surface area contributed by atoms with Crippen molar-refractivity contribution >= 4 is 0 Å². The standard InChI is InChI=1S/C12H22O11/c13-1-3-5(15)7(17)9(19)11(21-3)23-12-10(20)8(18)6(16)4(2-14)22-12/h3-20H,1-2H2/t3?,4?,5-,6-,7?,8?,9-,10-,11-,12-/m1/s1. The van der Waals surface area contributed by atoms with Gasteiger partial charge < -0.3 is 55.1 Å². The predicted molar refractivity (Wildman–Crippen MR) is 68.6 cm³/mol. The Morgan fingerprint density at radius 3 is 1.22 bits per heavy atom. The molecule has 0 aromatic heterocycles. The molecule has 4 unspecified atom stereocenters. The van der Waals surface area contributed by atoms with E-state index in [9.17, 15) is 30.6 Å². The van der Waals surface area contributed by atoms with Crippen molar-refractivity contribution in [2.24, 2.45) is 0 Å². The van der Waals surface area contributed by atoms with Crippen LogP contribution in [0.5, 0.6) is 0 Å². The summed E-state index contributed by atoms with van der Waals surface area (Å²) in [5.74, 6) is 0. The van der Waals surface area contributed by atoms with Crippen LogP contribution in [-0.2, 0) is 14.2 Å². The van der Waals surface area contributed by atoms with E-state index in [1.165, 1.54) is 0 Å². The summed E-state index contributed by atoms with van der Waals surface area (Å²) in [5, 5.41) is 76.4. The molecule has 0 spiro atoms. The Labute approximate surface area is 130 Å². The number of aliphatic hydroxyl groups is 8. The van der Waals surface area contributed by atoms with Crippen molar-refractivity contribution in [3.8, 4) is 0 Å². The molecule has 0 saturated carbocycles. The average Bonchev–Trinajstić information content (AvgIpc) is 2.55. The van der Waals surface area contributed by atoms with E-state index in [0.29, 0.717) is 0 Å². The number of hydrogen-bond donors (Lipinski definition) is 8. The maximum absolute atomic E-state index is 9.84. The molecule has 2 fully saturated rings. The van der Waals surface area contributed by atoms with Gasteiger partial charge in [-0.05, 0) is 0 Å². The third-order valence-electron chi connectivity index (χ3n) is 3.97. The Kier molecular flexibility index (Phi) is 6.27. The van der Waals surface area contributed by atoms with E-state index in [1.54, 1.807) is 0 Å². The fourth-order valence-electron chi connectivity index (χ4n) is 2.49. The molecule has 11 heteroatoms. The number of hydrogen-bond acceptors (Lipinski definition) is 11. The highest BCUT2D eigenvalue weighted by atomic mass is 16.8. The molecular weight excluding hydrogens is 320 g/mol. The molecule has 11 nitrogen and oxygen atoms in total. The van der Waals surface area contributed by atoms with Crippen LogP contribution in [0.15, 0.2) is 0 Å². The molecule has 0 radical (unpaired) electrons. The topological polar surface area (TPSA) is 190 Å². The van der Waals surface area contributed by atoms with Crippen molar-refractivity contribution in [3.05, 3.63) is 0 Å². The van der Waals surface area contributed by atoms with E-state index in [-0.39, 0.29) is 0 Å². The maximum Gasteiger partial charge on any atom is 0.189 e. The fraction of sp³-hybridized carbons (Fsp3) is 1.00. The molecule has 2 rings (SSSR count). The lowest BCUT2D eigenvalue weighted by atomic mass is 9.98. The minimum Gasteiger partial charge on any atom is -0.394 e. The first-order chi connectivity index (χ1) is 10.8. The third kappa shape index (κ3) is 3.65. The SMILES string of the molecule is OCC1O[C@H](O[C@H]2OC(CO)[C@@H](O)C(O)[C@H]2O)[C@H](O)C(O)[C@@H]1O. The first-order valence-corrected chi connectivity index (χ1v) is 7.08. The summed E-state index contributed by atoms with van der Waals surface area (Å²) in [6.45, 7) is -1.33. The van der Waals surface area contributed by atoms with Crippen molar-refractivity contribution in [2.75, 3.05) is 13.2 Å². The van der Waals surface area contributed by atoms with Crippen LogP contribution in [0.4, 0.5) is 0 Å². The minimum atomic E-state index is -1.72. The van der Waals surface area contributed by atoms with Crippen LogP contribution in [0.25, 0.3) is 0 Å². The zero-order valence-corrected chi connectivity index (χ0v) is 12.0. The van der Waals surface area contributed by atoms with Gasteiger partial charge in [0.05, 0.1) is 13.2 Å². The largest absolute Gasteiger partial charge is 0.394 e. The molecule has 10 atom stereocenters. The van der Waals surface area contributed by atoms with Gasteiger partial charge in [0.2, 0.25) is 0 Å². The molecular formula is C12H22O11. The van der Waals surface area contributed by atoms with Crippen molar-refractivity contribution < 1.29 is 55.1 Å². The second kappa shape index (κ2) is 7.63. The van der Waals surface area contributed by atoms with Gasteiger partial charge in [-0.15, -0.1) is 0 Å². The highest BCUT2D eigenvalue weighted by molar-refractivity contribution is 4.92. The molecule has 0 aromatic rings. The first-order valence-electron chi connectivity index (χ1n) is 7.08. The monoisotopic (exact) mass is 342 g/mol. The zero-order valence-electron chi connectivity index (χ0n) is 12.0. The molecule has 0 bridgehead atoms. The number of aliphatic hydroxyl groups excluding tert-OH is 8. The van der Waals surface area contributed by atoms with E-state index in [0.717, 1.165) is 0 Å². The molecule has 23 heavy (non-hydrogen) atoms. The molecule has 0 amide bonds. The van der Waals surface area contributed by atoms with E-state index < -0.39 is 74.6 Å². The highest BCUT2D eigenvalue weighted by Gasteiger charge is 2.49. The Morgan fingerprint density at radius 2 is 0.913 bits per heavy atom. The van der Waals surface area contributed by atoms with Gasteiger partial charge >= 0.3 is 0 Å². The van der Waals surface area contributed by atoms with Gasteiger partial charge in [0, 0.05) is 0 Å².